The molecule has 3 heteroatoms. The number of halogens is 2. The highest BCUT2D eigenvalue weighted by Crippen LogP contribution is 2.29. The molecular weight excluding hydrogens is 298 g/mol. The fourth-order valence-corrected chi connectivity index (χ4v) is 2.34. The molecule has 0 spiro atoms. The van der Waals surface area contributed by atoms with Crippen LogP contribution in [0.1, 0.15) is 11.1 Å². The van der Waals surface area contributed by atoms with Gasteiger partial charge in [-0.2, -0.15) is 0 Å². The second kappa shape index (κ2) is 5.56. The highest BCUT2D eigenvalue weighted by molar-refractivity contribution is 9.10. The fourth-order valence-electron chi connectivity index (χ4n) is 1.57. The lowest BCUT2D eigenvalue weighted by molar-refractivity contribution is 1.14. The molecule has 2 aromatic carbocycles. The summed E-state index contributed by atoms with van der Waals surface area (Å²) in [5.74, 6) is 0. The van der Waals surface area contributed by atoms with Gasteiger partial charge in [0.25, 0.3) is 0 Å². The molecule has 2 rings (SSSR count). The third kappa shape index (κ3) is 3.24. The monoisotopic (exact) mass is 309 g/mol. The normalized spacial score (nSPS) is 10.3. The molecule has 0 atom stereocenters. The number of benzene rings is 2. The van der Waals surface area contributed by atoms with Crippen LogP contribution in [0.25, 0.3) is 0 Å². The lowest BCUT2D eigenvalue weighted by atomic mass is 10.2. The molecule has 2 aromatic rings. The van der Waals surface area contributed by atoms with E-state index in [1.54, 1.807) is 0 Å². The highest BCUT2D eigenvalue weighted by atomic mass is 79.9. The highest BCUT2D eigenvalue weighted by Gasteiger charge is 2.03. The first-order valence-electron chi connectivity index (χ1n) is 5.40. The van der Waals surface area contributed by atoms with Crippen LogP contribution in [-0.4, -0.2) is 0 Å². The first kappa shape index (κ1) is 12.5. The van der Waals surface area contributed by atoms with Crippen molar-refractivity contribution in [2.45, 2.75) is 13.5 Å². The summed E-state index contributed by atoms with van der Waals surface area (Å²) in [6.07, 6.45) is 0. The first-order chi connectivity index (χ1) is 8.16. The largest absolute Gasteiger partial charge is 0.380 e. The van der Waals surface area contributed by atoms with E-state index in [-0.39, 0.29) is 0 Å². The predicted octanol–water partition coefficient (Wildman–Crippen LogP) is 5.02. The summed E-state index contributed by atoms with van der Waals surface area (Å²) < 4.78 is 1.04. The number of rotatable bonds is 3. The van der Waals surface area contributed by atoms with Crippen LogP contribution >= 0.6 is 27.5 Å². The van der Waals surface area contributed by atoms with Gasteiger partial charge in [-0.15, -0.1) is 0 Å². The molecule has 0 unspecified atom stereocenters. The van der Waals surface area contributed by atoms with Gasteiger partial charge in [-0.05, 0) is 46.1 Å². The minimum absolute atomic E-state index is 0.781. The van der Waals surface area contributed by atoms with E-state index in [1.807, 2.05) is 37.3 Å². The van der Waals surface area contributed by atoms with Crippen LogP contribution in [-0.2, 0) is 6.54 Å². The van der Waals surface area contributed by atoms with Crippen molar-refractivity contribution < 1.29 is 0 Å². The van der Waals surface area contributed by atoms with E-state index < -0.39 is 0 Å². The Morgan fingerprint density at radius 1 is 1.18 bits per heavy atom. The maximum atomic E-state index is 6.11. The second-order valence-electron chi connectivity index (χ2n) is 3.92. The van der Waals surface area contributed by atoms with E-state index in [2.05, 4.69) is 33.4 Å². The third-order valence-electron chi connectivity index (χ3n) is 2.57. The first-order valence-corrected chi connectivity index (χ1v) is 6.57. The van der Waals surface area contributed by atoms with Crippen LogP contribution in [0.2, 0.25) is 5.02 Å². The van der Waals surface area contributed by atoms with Gasteiger partial charge >= 0.3 is 0 Å². The topological polar surface area (TPSA) is 12.0 Å². The Kier molecular flexibility index (Phi) is 4.08. The van der Waals surface area contributed by atoms with Gasteiger partial charge in [-0.3, -0.25) is 0 Å². The van der Waals surface area contributed by atoms with Crippen molar-refractivity contribution in [2.24, 2.45) is 0 Å². The molecule has 88 valence electrons. The average Bonchev–Trinajstić information content (AvgIpc) is 2.33. The molecule has 0 amide bonds. The van der Waals surface area contributed by atoms with Gasteiger partial charge in [-0.1, -0.05) is 41.9 Å². The fraction of sp³-hybridized carbons (Fsp3) is 0.143. The molecule has 0 radical (unpaired) electrons. The van der Waals surface area contributed by atoms with Gasteiger partial charge in [0.05, 0.1) is 5.69 Å². The predicted molar refractivity (Wildman–Crippen MR) is 77.7 cm³/mol. The number of nitrogens with one attached hydrogen (secondary N) is 1. The summed E-state index contributed by atoms with van der Waals surface area (Å²) in [5.41, 5.74) is 3.34. The molecule has 1 N–H and O–H groups in total. The molecule has 0 aliphatic rings. The Morgan fingerprint density at radius 2 is 1.88 bits per heavy atom. The SMILES string of the molecule is Cc1cc(Br)c(NCc2ccccc2)cc1Cl. The molecule has 0 saturated heterocycles. The molecule has 0 aromatic heterocycles. The van der Waals surface area contributed by atoms with Crippen molar-refractivity contribution in [1.29, 1.82) is 0 Å². The molecule has 1 nitrogen and oxygen atoms in total. The standard InChI is InChI=1S/C14H13BrClN/c1-10-7-12(15)14(8-13(10)16)17-9-11-5-3-2-4-6-11/h2-8,17H,9H2,1H3. The van der Waals surface area contributed by atoms with E-state index in [0.29, 0.717) is 0 Å². The molecule has 0 heterocycles. The van der Waals surface area contributed by atoms with E-state index in [0.717, 1.165) is 27.3 Å². The van der Waals surface area contributed by atoms with Crippen molar-refractivity contribution in [3.05, 3.63) is 63.1 Å². The maximum absolute atomic E-state index is 6.11. The zero-order valence-electron chi connectivity index (χ0n) is 9.50. The lowest BCUT2D eigenvalue weighted by Gasteiger charge is -2.10. The molecule has 17 heavy (non-hydrogen) atoms. The number of aryl methyl sites for hydroxylation is 1. The van der Waals surface area contributed by atoms with Crippen molar-refractivity contribution in [3.8, 4) is 0 Å². The Morgan fingerprint density at radius 3 is 2.59 bits per heavy atom. The Balaban J connectivity index is 2.12. The minimum Gasteiger partial charge on any atom is -0.380 e. The maximum Gasteiger partial charge on any atom is 0.0502 e. The van der Waals surface area contributed by atoms with Gasteiger partial charge in [0.15, 0.2) is 0 Å². The van der Waals surface area contributed by atoms with Gasteiger partial charge in [0, 0.05) is 16.0 Å². The summed E-state index contributed by atoms with van der Waals surface area (Å²) >= 11 is 9.64. The van der Waals surface area contributed by atoms with E-state index in [9.17, 15) is 0 Å². The van der Waals surface area contributed by atoms with Gasteiger partial charge in [0.1, 0.15) is 0 Å². The van der Waals surface area contributed by atoms with Crippen molar-refractivity contribution >= 4 is 33.2 Å². The minimum atomic E-state index is 0.781. The quantitative estimate of drug-likeness (QED) is 0.839. The second-order valence-corrected chi connectivity index (χ2v) is 5.18. The molecule has 0 saturated carbocycles. The van der Waals surface area contributed by atoms with Crippen LogP contribution in [0, 0.1) is 6.92 Å². The summed E-state index contributed by atoms with van der Waals surface area (Å²) in [6.45, 7) is 2.78. The van der Waals surface area contributed by atoms with E-state index in [4.69, 9.17) is 11.6 Å². The number of hydrogen-bond donors (Lipinski definition) is 1. The van der Waals surface area contributed by atoms with Crippen LogP contribution in [0.5, 0.6) is 0 Å². The molecule has 0 fully saturated rings. The molecule has 0 aliphatic carbocycles. The smallest absolute Gasteiger partial charge is 0.0502 e. The molecular formula is C14H13BrClN. The van der Waals surface area contributed by atoms with E-state index >= 15 is 0 Å². The zero-order valence-corrected chi connectivity index (χ0v) is 11.8. The Hall–Kier alpha value is -0.990. The molecule has 0 aliphatic heterocycles. The van der Waals surface area contributed by atoms with E-state index in [1.165, 1.54) is 5.56 Å². The van der Waals surface area contributed by atoms with Gasteiger partial charge in [-0.25, -0.2) is 0 Å². The van der Waals surface area contributed by atoms with Gasteiger partial charge in [0.2, 0.25) is 0 Å². The number of hydrogen-bond acceptors (Lipinski definition) is 1. The van der Waals surface area contributed by atoms with Gasteiger partial charge < -0.3 is 5.32 Å². The summed E-state index contributed by atoms with van der Waals surface area (Å²) in [7, 11) is 0. The Bertz CT molecular complexity index is 511. The summed E-state index contributed by atoms with van der Waals surface area (Å²) in [5, 5.41) is 4.15. The van der Waals surface area contributed by atoms with Crippen LogP contribution in [0.15, 0.2) is 46.9 Å². The van der Waals surface area contributed by atoms with Crippen molar-refractivity contribution in [1.82, 2.24) is 0 Å². The zero-order chi connectivity index (χ0) is 12.3. The van der Waals surface area contributed by atoms with Crippen LogP contribution in [0.4, 0.5) is 5.69 Å². The third-order valence-corrected chi connectivity index (χ3v) is 3.64. The van der Waals surface area contributed by atoms with Crippen molar-refractivity contribution in [3.63, 3.8) is 0 Å². The summed E-state index contributed by atoms with van der Waals surface area (Å²) in [6, 6.07) is 14.2. The van der Waals surface area contributed by atoms with Crippen molar-refractivity contribution in [2.75, 3.05) is 5.32 Å². The van der Waals surface area contributed by atoms with Crippen LogP contribution in [0.3, 0.4) is 0 Å². The average molecular weight is 311 g/mol. The number of anilines is 1. The Labute approximate surface area is 115 Å². The van der Waals surface area contributed by atoms with Crippen LogP contribution < -0.4 is 5.32 Å². The lowest BCUT2D eigenvalue weighted by Crippen LogP contribution is -2.00. The molecule has 0 bridgehead atoms. The summed E-state index contributed by atoms with van der Waals surface area (Å²) in [4.78, 5) is 0.